The van der Waals surface area contributed by atoms with Gasteiger partial charge in [-0.25, -0.2) is 0 Å². The molecule has 2 fully saturated rings. The molecule has 1 aromatic carbocycles. The van der Waals surface area contributed by atoms with Gasteiger partial charge in [0.15, 0.2) is 0 Å². The summed E-state index contributed by atoms with van der Waals surface area (Å²) in [5.74, 6) is 1.55. The van der Waals surface area contributed by atoms with E-state index >= 15 is 0 Å². The number of benzene rings is 1. The second-order valence-electron chi connectivity index (χ2n) is 6.17. The van der Waals surface area contributed by atoms with Crippen LogP contribution in [0.5, 0.6) is 0 Å². The van der Waals surface area contributed by atoms with Crippen molar-refractivity contribution in [2.75, 3.05) is 0 Å². The summed E-state index contributed by atoms with van der Waals surface area (Å²) in [6, 6.07) is 8.72. The average Bonchev–Trinajstić information content (AvgIpc) is 2.99. The van der Waals surface area contributed by atoms with E-state index in [1.54, 1.807) is 0 Å². The van der Waals surface area contributed by atoms with E-state index < -0.39 is 5.60 Å². The van der Waals surface area contributed by atoms with Gasteiger partial charge in [0.25, 0.3) is 0 Å². The summed E-state index contributed by atoms with van der Waals surface area (Å²) < 4.78 is 0. The van der Waals surface area contributed by atoms with Crippen molar-refractivity contribution in [1.29, 1.82) is 0 Å². The Morgan fingerprint density at radius 1 is 1.12 bits per heavy atom. The van der Waals surface area contributed by atoms with Crippen molar-refractivity contribution in [3.63, 3.8) is 0 Å². The van der Waals surface area contributed by atoms with Crippen molar-refractivity contribution in [3.05, 3.63) is 35.4 Å². The van der Waals surface area contributed by atoms with Gasteiger partial charge in [0.05, 0.1) is 5.60 Å². The zero-order chi connectivity index (χ0) is 11.9. The van der Waals surface area contributed by atoms with Gasteiger partial charge in [-0.1, -0.05) is 43.5 Å². The van der Waals surface area contributed by atoms with Crippen molar-refractivity contribution < 1.29 is 5.11 Å². The smallest absolute Gasteiger partial charge is 0.0871 e. The van der Waals surface area contributed by atoms with Crippen LogP contribution >= 0.6 is 0 Å². The number of hydrogen-bond acceptors (Lipinski definition) is 1. The summed E-state index contributed by atoms with van der Waals surface area (Å²) in [5, 5.41) is 10.5. The molecule has 0 amide bonds. The van der Waals surface area contributed by atoms with Crippen molar-refractivity contribution in [3.8, 4) is 0 Å². The van der Waals surface area contributed by atoms with E-state index in [9.17, 15) is 5.11 Å². The predicted molar refractivity (Wildman–Crippen MR) is 69.9 cm³/mol. The molecule has 3 rings (SSSR count). The molecule has 0 heterocycles. The van der Waals surface area contributed by atoms with Gasteiger partial charge < -0.3 is 5.11 Å². The first-order chi connectivity index (χ1) is 8.15. The van der Waals surface area contributed by atoms with Crippen molar-refractivity contribution >= 4 is 0 Å². The van der Waals surface area contributed by atoms with E-state index in [1.807, 2.05) is 6.92 Å². The van der Waals surface area contributed by atoms with E-state index in [0.29, 0.717) is 0 Å². The molecule has 1 unspecified atom stereocenters. The molecular weight excluding hydrogens is 208 g/mol. The van der Waals surface area contributed by atoms with Crippen LogP contribution < -0.4 is 0 Å². The monoisotopic (exact) mass is 230 g/mol. The second-order valence-corrected chi connectivity index (χ2v) is 6.17. The van der Waals surface area contributed by atoms with Crippen LogP contribution in [-0.2, 0) is 5.60 Å². The van der Waals surface area contributed by atoms with E-state index in [1.165, 1.54) is 37.7 Å². The zero-order valence-electron chi connectivity index (χ0n) is 10.7. The second kappa shape index (κ2) is 4.13. The summed E-state index contributed by atoms with van der Waals surface area (Å²) in [4.78, 5) is 0. The van der Waals surface area contributed by atoms with Gasteiger partial charge in [-0.05, 0) is 49.1 Å². The van der Waals surface area contributed by atoms with Gasteiger partial charge in [-0.15, -0.1) is 0 Å². The summed E-state index contributed by atoms with van der Waals surface area (Å²) in [6.45, 7) is 1.96. The lowest BCUT2D eigenvalue weighted by molar-refractivity contribution is 0.0417. The third-order valence-corrected chi connectivity index (χ3v) is 4.49. The Hall–Kier alpha value is -0.820. The molecule has 2 aliphatic rings. The summed E-state index contributed by atoms with van der Waals surface area (Å²) >= 11 is 0. The normalized spacial score (nSPS) is 24.1. The average molecular weight is 230 g/mol. The molecule has 1 aromatic rings. The summed E-state index contributed by atoms with van der Waals surface area (Å²) in [6.07, 6.45) is 7.60. The van der Waals surface area contributed by atoms with Crippen LogP contribution in [0.3, 0.4) is 0 Å². The molecule has 1 N–H and O–H groups in total. The van der Waals surface area contributed by atoms with Crippen LogP contribution in [0.15, 0.2) is 24.3 Å². The fraction of sp³-hybridized carbons (Fsp3) is 0.625. The van der Waals surface area contributed by atoms with E-state index in [0.717, 1.165) is 23.8 Å². The molecule has 0 aliphatic heterocycles. The highest BCUT2D eigenvalue weighted by Crippen LogP contribution is 2.41. The molecule has 0 saturated heterocycles. The maximum atomic E-state index is 10.5. The molecule has 0 bridgehead atoms. The lowest BCUT2D eigenvalue weighted by Crippen LogP contribution is -2.22. The number of hydrogen-bond donors (Lipinski definition) is 1. The van der Waals surface area contributed by atoms with Crippen LogP contribution in [0, 0.1) is 5.92 Å². The fourth-order valence-electron chi connectivity index (χ4n) is 2.86. The molecule has 0 aromatic heterocycles. The Bertz CT molecular complexity index is 382. The molecular formula is C16H22O. The Morgan fingerprint density at radius 2 is 1.76 bits per heavy atom. The minimum Gasteiger partial charge on any atom is -0.385 e. The molecule has 92 valence electrons. The molecule has 1 atom stereocenters. The van der Waals surface area contributed by atoms with Gasteiger partial charge in [-0.3, -0.25) is 0 Å². The summed E-state index contributed by atoms with van der Waals surface area (Å²) in [7, 11) is 0. The van der Waals surface area contributed by atoms with Crippen molar-refractivity contribution in [2.24, 2.45) is 5.92 Å². The lowest BCUT2D eigenvalue weighted by Gasteiger charge is -2.28. The van der Waals surface area contributed by atoms with Crippen LogP contribution in [0.25, 0.3) is 0 Å². The van der Waals surface area contributed by atoms with E-state index in [4.69, 9.17) is 0 Å². The Morgan fingerprint density at radius 3 is 2.24 bits per heavy atom. The quantitative estimate of drug-likeness (QED) is 0.830. The van der Waals surface area contributed by atoms with Crippen LogP contribution in [0.2, 0.25) is 0 Å². The standard InChI is InChI=1S/C16H22O/c1-16(17,11-12-5-6-12)15-9-7-14(8-10-15)13-3-2-4-13/h7-10,12-13,17H,2-6,11H2,1H3. The molecule has 1 nitrogen and oxygen atoms in total. The highest BCUT2D eigenvalue weighted by molar-refractivity contribution is 5.29. The van der Waals surface area contributed by atoms with Crippen LogP contribution in [0.1, 0.15) is 62.5 Å². The Balaban J connectivity index is 1.73. The largest absolute Gasteiger partial charge is 0.385 e. The Kier molecular flexibility index (Phi) is 2.74. The van der Waals surface area contributed by atoms with Gasteiger partial charge in [-0.2, -0.15) is 0 Å². The first kappa shape index (κ1) is 11.3. The molecule has 2 aliphatic carbocycles. The SMILES string of the molecule is CC(O)(CC1CC1)c1ccc(C2CCC2)cc1. The topological polar surface area (TPSA) is 20.2 Å². The first-order valence-electron chi connectivity index (χ1n) is 6.98. The van der Waals surface area contributed by atoms with Gasteiger partial charge in [0.1, 0.15) is 0 Å². The van der Waals surface area contributed by atoms with E-state index in [2.05, 4.69) is 24.3 Å². The third kappa shape index (κ3) is 2.40. The van der Waals surface area contributed by atoms with E-state index in [-0.39, 0.29) is 0 Å². The minimum atomic E-state index is -0.626. The molecule has 17 heavy (non-hydrogen) atoms. The Labute approximate surface area is 104 Å². The van der Waals surface area contributed by atoms with Crippen molar-refractivity contribution in [1.82, 2.24) is 0 Å². The number of rotatable bonds is 4. The van der Waals surface area contributed by atoms with Crippen molar-refractivity contribution in [2.45, 2.75) is 57.0 Å². The van der Waals surface area contributed by atoms with Gasteiger partial charge >= 0.3 is 0 Å². The van der Waals surface area contributed by atoms with Crippen LogP contribution in [-0.4, -0.2) is 5.11 Å². The number of aliphatic hydroxyl groups is 1. The third-order valence-electron chi connectivity index (χ3n) is 4.49. The molecule has 1 heteroatoms. The molecule has 0 spiro atoms. The van der Waals surface area contributed by atoms with Crippen LogP contribution in [0.4, 0.5) is 0 Å². The highest BCUT2D eigenvalue weighted by atomic mass is 16.3. The summed E-state index contributed by atoms with van der Waals surface area (Å²) in [5.41, 5.74) is 1.92. The maximum Gasteiger partial charge on any atom is 0.0871 e. The maximum absolute atomic E-state index is 10.5. The van der Waals surface area contributed by atoms with Gasteiger partial charge in [0.2, 0.25) is 0 Å². The predicted octanol–water partition coefficient (Wildman–Crippen LogP) is 3.96. The first-order valence-corrected chi connectivity index (χ1v) is 6.98. The highest BCUT2D eigenvalue weighted by Gasteiger charge is 2.33. The molecule has 0 radical (unpaired) electrons. The lowest BCUT2D eigenvalue weighted by atomic mass is 9.79. The molecule has 2 saturated carbocycles. The van der Waals surface area contributed by atoms with Gasteiger partial charge in [0, 0.05) is 0 Å². The zero-order valence-corrected chi connectivity index (χ0v) is 10.7. The fourth-order valence-corrected chi connectivity index (χ4v) is 2.86. The minimum absolute atomic E-state index is 0.626.